The number of benzene rings is 1. The molecule has 8 heteroatoms. The highest BCUT2D eigenvalue weighted by Gasteiger charge is 2.27. The fourth-order valence-electron chi connectivity index (χ4n) is 3.50. The SMILES string of the molecule is O=C(COc1ccccc1)NCC1CCC(c2nnc(-c3cnccn3)o2)CC1. The smallest absolute Gasteiger partial charge is 0.267 e. The summed E-state index contributed by atoms with van der Waals surface area (Å²) in [6, 6.07) is 9.34. The first-order chi connectivity index (χ1) is 14.3. The maximum absolute atomic E-state index is 12.0. The van der Waals surface area contributed by atoms with E-state index in [-0.39, 0.29) is 18.4 Å². The Bertz CT molecular complexity index is 908. The molecule has 1 aliphatic carbocycles. The Kier molecular flexibility index (Phi) is 6.09. The van der Waals surface area contributed by atoms with Gasteiger partial charge in [-0.15, -0.1) is 10.2 Å². The van der Waals surface area contributed by atoms with Crippen molar-refractivity contribution in [1.29, 1.82) is 0 Å². The maximum atomic E-state index is 12.0. The van der Waals surface area contributed by atoms with E-state index in [1.807, 2.05) is 30.3 Å². The number of hydrogen-bond donors (Lipinski definition) is 1. The topological polar surface area (TPSA) is 103 Å². The number of nitrogens with one attached hydrogen (secondary N) is 1. The van der Waals surface area contributed by atoms with Gasteiger partial charge >= 0.3 is 0 Å². The van der Waals surface area contributed by atoms with Crippen molar-refractivity contribution in [2.24, 2.45) is 5.92 Å². The summed E-state index contributed by atoms with van der Waals surface area (Å²) in [5, 5.41) is 11.3. The number of para-hydroxylation sites is 1. The molecule has 0 aliphatic heterocycles. The summed E-state index contributed by atoms with van der Waals surface area (Å²) in [5.74, 6) is 2.37. The molecule has 2 aromatic heterocycles. The average Bonchev–Trinajstić information content (AvgIpc) is 3.28. The van der Waals surface area contributed by atoms with Gasteiger partial charge in [-0.3, -0.25) is 9.78 Å². The van der Waals surface area contributed by atoms with Gasteiger partial charge < -0.3 is 14.5 Å². The molecule has 1 aromatic carbocycles. The fraction of sp³-hybridized carbons (Fsp3) is 0.381. The lowest BCUT2D eigenvalue weighted by Crippen LogP contribution is -2.34. The lowest BCUT2D eigenvalue weighted by atomic mass is 9.82. The van der Waals surface area contributed by atoms with Gasteiger partial charge in [0, 0.05) is 24.9 Å². The average molecular weight is 393 g/mol. The molecule has 1 N–H and O–H groups in total. The summed E-state index contributed by atoms with van der Waals surface area (Å²) in [4.78, 5) is 20.2. The molecule has 4 rings (SSSR count). The monoisotopic (exact) mass is 393 g/mol. The van der Waals surface area contributed by atoms with Crippen LogP contribution >= 0.6 is 0 Å². The van der Waals surface area contributed by atoms with Gasteiger partial charge in [0.15, 0.2) is 6.61 Å². The standard InChI is InChI=1S/C21H23N5O3/c27-19(14-28-17-4-2-1-3-5-17)24-12-15-6-8-16(9-7-15)20-25-26-21(29-20)18-13-22-10-11-23-18/h1-5,10-11,13,15-16H,6-9,12,14H2,(H,24,27). The van der Waals surface area contributed by atoms with E-state index < -0.39 is 0 Å². The van der Waals surface area contributed by atoms with Crippen LogP contribution in [0, 0.1) is 5.92 Å². The molecule has 0 spiro atoms. The van der Waals surface area contributed by atoms with E-state index >= 15 is 0 Å². The Morgan fingerprint density at radius 2 is 1.93 bits per heavy atom. The van der Waals surface area contributed by atoms with E-state index in [0.717, 1.165) is 25.7 Å². The third-order valence-electron chi connectivity index (χ3n) is 5.12. The summed E-state index contributed by atoms with van der Waals surface area (Å²) in [6.45, 7) is 0.699. The lowest BCUT2D eigenvalue weighted by molar-refractivity contribution is -0.123. The third-order valence-corrected chi connectivity index (χ3v) is 5.12. The van der Waals surface area contributed by atoms with Gasteiger partial charge in [-0.05, 0) is 43.7 Å². The van der Waals surface area contributed by atoms with Crippen LogP contribution < -0.4 is 10.1 Å². The second-order valence-corrected chi connectivity index (χ2v) is 7.16. The number of ether oxygens (including phenoxy) is 1. The predicted octanol–water partition coefficient (Wildman–Crippen LogP) is 3.00. The summed E-state index contributed by atoms with van der Waals surface area (Å²) in [5.41, 5.74) is 0.584. The van der Waals surface area contributed by atoms with Crippen molar-refractivity contribution in [3.8, 4) is 17.3 Å². The van der Waals surface area contributed by atoms with Crippen molar-refractivity contribution < 1.29 is 13.9 Å². The molecular weight excluding hydrogens is 370 g/mol. The Morgan fingerprint density at radius 1 is 1.10 bits per heavy atom. The minimum Gasteiger partial charge on any atom is -0.484 e. The zero-order valence-electron chi connectivity index (χ0n) is 16.0. The van der Waals surface area contributed by atoms with Crippen LogP contribution in [0.15, 0.2) is 53.3 Å². The summed E-state index contributed by atoms with van der Waals surface area (Å²) in [6.07, 6.45) is 8.75. The van der Waals surface area contributed by atoms with Crippen molar-refractivity contribution in [1.82, 2.24) is 25.5 Å². The van der Waals surface area contributed by atoms with Crippen LogP contribution in [0.4, 0.5) is 0 Å². The Labute approximate surface area is 168 Å². The number of rotatable bonds is 7. The molecule has 1 fully saturated rings. The molecule has 2 heterocycles. The maximum Gasteiger partial charge on any atom is 0.267 e. The zero-order valence-corrected chi connectivity index (χ0v) is 16.0. The second-order valence-electron chi connectivity index (χ2n) is 7.16. The van der Waals surface area contributed by atoms with E-state index in [9.17, 15) is 4.79 Å². The van der Waals surface area contributed by atoms with Gasteiger partial charge in [0.25, 0.3) is 11.8 Å². The number of amides is 1. The highest BCUT2D eigenvalue weighted by Crippen LogP contribution is 2.35. The van der Waals surface area contributed by atoms with Crippen molar-refractivity contribution >= 4 is 5.91 Å². The van der Waals surface area contributed by atoms with E-state index in [2.05, 4.69) is 25.5 Å². The lowest BCUT2D eigenvalue weighted by Gasteiger charge is -2.26. The van der Waals surface area contributed by atoms with E-state index in [0.29, 0.717) is 35.7 Å². The van der Waals surface area contributed by atoms with Gasteiger partial charge in [0.1, 0.15) is 11.4 Å². The second kappa shape index (κ2) is 9.27. The van der Waals surface area contributed by atoms with Crippen molar-refractivity contribution in [3.05, 3.63) is 54.8 Å². The first-order valence-electron chi connectivity index (χ1n) is 9.82. The molecular formula is C21H23N5O3. The zero-order chi connectivity index (χ0) is 19.9. The number of carbonyl (C=O) groups is 1. The highest BCUT2D eigenvalue weighted by atomic mass is 16.5. The number of hydrogen-bond acceptors (Lipinski definition) is 7. The summed E-state index contributed by atoms with van der Waals surface area (Å²) in [7, 11) is 0. The van der Waals surface area contributed by atoms with Gasteiger partial charge in [-0.1, -0.05) is 18.2 Å². The minimum atomic E-state index is -0.0958. The Hall–Kier alpha value is -3.29. The Morgan fingerprint density at radius 3 is 2.69 bits per heavy atom. The summed E-state index contributed by atoms with van der Waals surface area (Å²) >= 11 is 0. The first-order valence-corrected chi connectivity index (χ1v) is 9.82. The Balaban J connectivity index is 1.20. The molecule has 0 saturated heterocycles. The first kappa shape index (κ1) is 19.0. The molecule has 0 bridgehead atoms. The number of aromatic nitrogens is 4. The van der Waals surface area contributed by atoms with E-state index in [1.54, 1.807) is 18.6 Å². The van der Waals surface area contributed by atoms with E-state index in [1.165, 1.54) is 0 Å². The van der Waals surface area contributed by atoms with Crippen LogP contribution in [0.1, 0.15) is 37.5 Å². The van der Waals surface area contributed by atoms with E-state index in [4.69, 9.17) is 9.15 Å². The molecule has 1 aliphatic rings. The van der Waals surface area contributed by atoms with Crippen LogP contribution in [0.5, 0.6) is 5.75 Å². The quantitative estimate of drug-likeness (QED) is 0.658. The molecule has 0 radical (unpaired) electrons. The number of nitrogens with zero attached hydrogens (tertiary/aromatic N) is 4. The largest absolute Gasteiger partial charge is 0.484 e. The van der Waals surface area contributed by atoms with Crippen LogP contribution in [0.3, 0.4) is 0 Å². The molecule has 3 aromatic rings. The van der Waals surface area contributed by atoms with Crippen molar-refractivity contribution in [2.45, 2.75) is 31.6 Å². The number of carbonyl (C=O) groups excluding carboxylic acids is 1. The molecule has 29 heavy (non-hydrogen) atoms. The molecule has 0 atom stereocenters. The van der Waals surface area contributed by atoms with Crippen LogP contribution in [0.25, 0.3) is 11.6 Å². The van der Waals surface area contributed by atoms with Gasteiger partial charge in [0.05, 0.1) is 6.20 Å². The summed E-state index contributed by atoms with van der Waals surface area (Å²) < 4.78 is 11.3. The van der Waals surface area contributed by atoms with Gasteiger partial charge in [-0.2, -0.15) is 0 Å². The van der Waals surface area contributed by atoms with Crippen LogP contribution in [-0.2, 0) is 4.79 Å². The molecule has 1 saturated carbocycles. The third kappa shape index (κ3) is 5.16. The highest BCUT2D eigenvalue weighted by molar-refractivity contribution is 5.77. The van der Waals surface area contributed by atoms with Crippen molar-refractivity contribution in [3.63, 3.8) is 0 Å². The molecule has 1 amide bonds. The molecule has 0 unspecified atom stereocenters. The molecule has 8 nitrogen and oxygen atoms in total. The van der Waals surface area contributed by atoms with Crippen LogP contribution in [0.2, 0.25) is 0 Å². The fourth-order valence-corrected chi connectivity index (χ4v) is 3.50. The predicted molar refractivity (Wildman–Crippen MR) is 105 cm³/mol. The van der Waals surface area contributed by atoms with Crippen molar-refractivity contribution in [2.75, 3.05) is 13.2 Å². The van der Waals surface area contributed by atoms with Gasteiger partial charge in [-0.25, -0.2) is 4.98 Å². The molecule has 150 valence electrons. The minimum absolute atomic E-state index is 0.0342. The normalized spacial score (nSPS) is 18.9. The van der Waals surface area contributed by atoms with Gasteiger partial charge in [0.2, 0.25) is 5.89 Å². The van der Waals surface area contributed by atoms with Crippen LogP contribution in [-0.4, -0.2) is 39.2 Å².